The van der Waals surface area contributed by atoms with Crippen LogP contribution >= 0.6 is 0 Å². The first-order valence-corrected chi connectivity index (χ1v) is 8.36. The highest BCUT2D eigenvalue weighted by Crippen LogP contribution is 2.38. The number of aromatic nitrogens is 2. The van der Waals surface area contributed by atoms with E-state index in [9.17, 15) is 14.7 Å². The number of carbonyl (C=O) groups excluding carboxylic acids is 1. The van der Waals surface area contributed by atoms with E-state index in [0.717, 1.165) is 5.69 Å². The van der Waals surface area contributed by atoms with E-state index in [0.29, 0.717) is 31.3 Å². The van der Waals surface area contributed by atoms with E-state index in [1.54, 1.807) is 17.3 Å². The van der Waals surface area contributed by atoms with Crippen LogP contribution in [0.1, 0.15) is 37.3 Å². The summed E-state index contributed by atoms with van der Waals surface area (Å²) in [5.74, 6) is 1.00. The molecule has 1 aromatic heterocycles. The van der Waals surface area contributed by atoms with E-state index in [4.69, 9.17) is 4.74 Å². The molecule has 128 valence electrons. The smallest absolute Gasteiger partial charge is 0.407 e. The fourth-order valence-corrected chi connectivity index (χ4v) is 3.48. The summed E-state index contributed by atoms with van der Waals surface area (Å²) >= 11 is 0. The van der Waals surface area contributed by atoms with Gasteiger partial charge in [-0.3, -0.25) is 9.78 Å². The Balaban J connectivity index is 1.41. The Hall–Kier alpha value is -2.38. The summed E-state index contributed by atoms with van der Waals surface area (Å²) in [5.41, 5.74) is 1.01. The van der Waals surface area contributed by atoms with Gasteiger partial charge in [-0.1, -0.05) is 0 Å². The Labute approximate surface area is 139 Å². The fourth-order valence-electron chi connectivity index (χ4n) is 3.48. The van der Waals surface area contributed by atoms with Gasteiger partial charge in [0.1, 0.15) is 6.10 Å². The Morgan fingerprint density at radius 3 is 2.75 bits per heavy atom. The van der Waals surface area contributed by atoms with E-state index in [1.807, 2.05) is 0 Å². The molecule has 2 aliphatic heterocycles. The van der Waals surface area contributed by atoms with Gasteiger partial charge in [-0.05, 0) is 12.8 Å². The molecule has 3 heterocycles. The van der Waals surface area contributed by atoms with Crippen LogP contribution in [0, 0.1) is 0 Å². The average Bonchev–Trinajstić information content (AvgIpc) is 3.35. The molecule has 0 aromatic carbocycles. The minimum atomic E-state index is -0.976. The molecule has 8 heteroatoms. The van der Waals surface area contributed by atoms with Crippen LogP contribution < -0.4 is 4.74 Å². The molecule has 3 fully saturated rings. The van der Waals surface area contributed by atoms with Crippen molar-refractivity contribution in [3.8, 4) is 5.88 Å². The molecule has 2 atom stereocenters. The standard InChI is InChI=1S/C16H20N4O4/c21-15-3-4-19(16(22)23)8-11-5-12(9-20(11)15)24-14-7-17-13(6-18-14)10-1-2-10/h6-7,10-12H,1-5,8-9H2,(H,22,23)/t11-,12+/m0/s1. The third-order valence-corrected chi connectivity index (χ3v) is 4.92. The van der Waals surface area contributed by atoms with Crippen molar-refractivity contribution in [3.63, 3.8) is 0 Å². The lowest BCUT2D eigenvalue weighted by molar-refractivity contribution is -0.131. The van der Waals surface area contributed by atoms with E-state index < -0.39 is 6.09 Å². The zero-order valence-electron chi connectivity index (χ0n) is 13.3. The van der Waals surface area contributed by atoms with Crippen LogP contribution in [-0.2, 0) is 4.79 Å². The predicted octanol–water partition coefficient (Wildman–Crippen LogP) is 1.09. The number of hydrogen-bond donors (Lipinski definition) is 1. The number of carboxylic acid groups (broad SMARTS) is 1. The Bertz CT molecular complexity index is 646. The Morgan fingerprint density at radius 1 is 1.25 bits per heavy atom. The Morgan fingerprint density at radius 2 is 2.08 bits per heavy atom. The normalized spacial score (nSPS) is 26.9. The van der Waals surface area contributed by atoms with Gasteiger partial charge in [-0.15, -0.1) is 0 Å². The first-order valence-electron chi connectivity index (χ1n) is 8.36. The van der Waals surface area contributed by atoms with Gasteiger partial charge >= 0.3 is 6.09 Å². The van der Waals surface area contributed by atoms with Crippen LogP contribution in [-0.4, -0.2) is 68.7 Å². The summed E-state index contributed by atoms with van der Waals surface area (Å²) < 4.78 is 5.87. The molecule has 2 saturated heterocycles. The fraction of sp³-hybridized carbons (Fsp3) is 0.625. The molecule has 24 heavy (non-hydrogen) atoms. The molecule has 1 aromatic rings. The van der Waals surface area contributed by atoms with Gasteiger partial charge < -0.3 is 19.6 Å². The molecule has 1 aliphatic carbocycles. The van der Waals surface area contributed by atoms with Crippen molar-refractivity contribution in [2.24, 2.45) is 0 Å². The first kappa shape index (κ1) is 15.2. The zero-order valence-corrected chi connectivity index (χ0v) is 13.3. The SMILES string of the molecule is O=C(O)N1CCC(=O)N2C[C@H](Oc3cnc(C4CC4)cn3)C[C@H]2C1. The van der Waals surface area contributed by atoms with Crippen LogP contribution in [0.5, 0.6) is 5.88 Å². The van der Waals surface area contributed by atoms with Gasteiger partial charge in [0, 0.05) is 31.8 Å². The van der Waals surface area contributed by atoms with Crippen LogP contribution in [0.4, 0.5) is 4.79 Å². The molecular weight excluding hydrogens is 312 g/mol. The van der Waals surface area contributed by atoms with Crippen molar-refractivity contribution in [2.75, 3.05) is 19.6 Å². The van der Waals surface area contributed by atoms with Gasteiger partial charge in [0.25, 0.3) is 0 Å². The third-order valence-electron chi connectivity index (χ3n) is 4.92. The maximum Gasteiger partial charge on any atom is 0.407 e. The number of amides is 2. The van der Waals surface area contributed by atoms with Gasteiger partial charge in [-0.2, -0.15) is 0 Å². The molecule has 0 spiro atoms. The van der Waals surface area contributed by atoms with E-state index in [1.165, 1.54) is 17.7 Å². The summed E-state index contributed by atoms with van der Waals surface area (Å²) in [6.45, 7) is 1.08. The largest absolute Gasteiger partial charge is 0.471 e. The van der Waals surface area contributed by atoms with Crippen molar-refractivity contribution in [1.82, 2.24) is 19.8 Å². The molecule has 0 unspecified atom stereocenters. The Kier molecular flexibility index (Phi) is 3.74. The first-order chi connectivity index (χ1) is 11.6. The number of nitrogens with zero attached hydrogens (tertiary/aromatic N) is 4. The third kappa shape index (κ3) is 3.00. The molecular formula is C16H20N4O4. The molecule has 0 bridgehead atoms. The van der Waals surface area contributed by atoms with Crippen LogP contribution in [0.25, 0.3) is 0 Å². The predicted molar refractivity (Wildman–Crippen MR) is 82.8 cm³/mol. The topological polar surface area (TPSA) is 95.9 Å². The summed E-state index contributed by atoms with van der Waals surface area (Å²) in [5, 5.41) is 9.19. The highest BCUT2D eigenvalue weighted by molar-refractivity contribution is 5.78. The van der Waals surface area contributed by atoms with Gasteiger partial charge in [-0.25, -0.2) is 9.78 Å². The maximum atomic E-state index is 12.2. The van der Waals surface area contributed by atoms with Crippen molar-refractivity contribution < 1.29 is 19.4 Å². The number of ether oxygens (including phenoxy) is 1. The van der Waals surface area contributed by atoms with Crippen LogP contribution in [0.15, 0.2) is 12.4 Å². The number of carbonyl (C=O) groups is 2. The van der Waals surface area contributed by atoms with Crippen LogP contribution in [0.2, 0.25) is 0 Å². The molecule has 3 aliphatic rings. The lowest BCUT2D eigenvalue weighted by atomic mass is 10.2. The number of rotatable bonds is 3. The highest BCUT2D eigenvalue weighted by Gasteiger charge is 2.40. The molecule has 2 amide bonds. The van der Waals surface area contributed by atoms with Crippen LogP contribution in [0.3, 0.4) is 0 Å². The van der Waals surface area contributed by atoms with Crippen molar-refractivity contribution in [3.05, 3.63) is 18.1 Å². The summed E-state index contributed by atoms with van der Waals surface area (Å²) in [6.07, 6.45) is 5.45. The second-order valence-electron chi connectivity index (χ2n) is 6.71. The molecule has 1 N–H and O–H groups in total. The molecule has 0 radical (unpaired) electrons. The molecule has 4 rings (SSSR count). The lowest BCUT2D eigenvalue weighted by Crippen LogP contribution is -2.40. The summed E-state index contributed by atoms with van der Waals surface area (Å²) in [7, 11) is 0. The molecule has 1 saturated carbocycles. The molecule has 8 nitrogen and oxygen atoms in total. The van der Waals surface area contributed by atoms with Gasteiger partial charge in [0.15, 0.2) is 0 Å². The van der Waals surface area contributed by atoms with Gasteiger partial charge in [0.05, 0.1) is 30.7 Å². The summed E-state index contributed by atoms with van der Waals surface area (Å²) in [6, 6.07) is -0.125. The number of fused-ring (bicyclic) bond motifs is 1. The van der Waals surface area contributed by atoms with Crippen molar-refractivity contribution >= 4 is 12.0 Å². The quantitative estimate of drug-likeness (QED) is 0.890. The number of hydrogen-bond acceptors (Lipinski definition) is 5. The van der Waals surface area contributed by atoms with Gasteiger partial charge in [0.2, 0.25) is 11.8 Å². The zero-order chi connectivity index (χ0) is 16.7. The maximum absolute atomic E-state index is 12.2. The average molecular weight is 332 g/mol. The van der Waals surface area contributed by atoms with Crippen molar-refractivity contribution in [1.29, 1.82) is 0 Å². The van der Waals surface area contributed by atoms with Crippen molar-refractivity contribution in [2.45, 2.75) is 43.7 Å². The minimum Gasteiger partial charge on any atom is -0.471 e. The van der Waals surface area contributed by atoms with E-state index in [2.05, 4.69) is 9.97 Å². The highest BCUT2D eigenvalue weighted by atomic mass is 16.5. The van der Waals surface area contributed by atoms with E-state index >= 15 is 0 Å². The second kappa shape index (κ2) is 5.92. The monoisotopic (exact) mass is 332 g/mol. The second-order valence-corrected chi connectivity index (χ2v) is 6.71. The summed E-state index contributed by atoms with van der Waals surface area (Å²) in [4.78, 5) is 35.2. The minimum absolute atomic E-state index is 0.00924. The van der Waals surface area contributed by atoms with E-state index in [-0.39, 0.29) is 31.0 Å². The lowest BCUT2D eigenvalue weighted by Gasteiger charge is -2.23.